The van der Waals surface area contributed by atoms with Crippen LogP contribution in [0.4, 0.5) is 5.69 Å². The van der Waals surface area contributed by atoms with Crippen LogP contribution in [0.2, 0.25) is 0 Å². The lowest BCUT2D eigenvalue weighted by atomic mass is 10.1. The number of hydrogen-bond acceptors (Lipinski definition) is 4. The van der Waals surface area contributed by atoms with Crippen LogP contribution in [0.1, 0.15) is 24.7 Å². The van der Waals surface area contributed by atoms with Crippen LogP contribution >= 0.6 is 11.8 Å². The highest BCUT2D eigenvalue weighted by Crippen LogP contribution is 2.25. The van der Waals surface area contributed by atoms with Crippen molar-refractivity contribution in [3.8, 4) is 0 Å². The number of carbonyl (C=O) groups excluding carboxylic acids is 2. The average Bonchev–Trinajstić information content (AvgIpc) is 3.31. The summed E-state index contributed by atoms with van der Waals surface area (Å²) in [5, 5.41) is 2.89. The largest absolute Gasteiger partial charge is 0.468 e. The van der Waals surface area contributed by atoms with Gasteiger partial charge in [0, 0.05) is 24.5 Å². The van der Waals surface area contributed by atoms with Gasteiger partial charge in [0.25, 0.3) is 0 Å². The van der Waals surface area contributed by atoms with Crippen LogP contribution < -0.4 is 10.2 Å². The number of thioether (sulfide) groups is 1. The van der Waals surface area contributed by atoms with Gasteiger partial charge in [-0.2, -0.15) is 11.8 Å². The molecule has 1 aromatic carbocycles. The Morgan fingerprint density at radius 1 is 1.31 bits per heavy atom. The second-order valence-corrected chi connectivity index (χ2v) is 7.38. The lowest BCUT2D eigenvalue weighted by Gasteiger charge is -2.17. The highest BCUT2D eigenvalue weighted by Gasteiger charge is 2.37. The van der Waals surface area contributed by atoms with Crippen LogP contribution in [-0.4, -0.2) is 30.7 Å². The molecule has 138 valence electrons. The molecule has 5 nitrogen and oxygen atoms in total. The molecule has 1 saturated heterocycles. The highest BCUT2D eigenvalue weighted by molar-refractivity contribution is 7.98. The summed E-state index contributed by atoms with van der Waals surface area (Å²) in [6.45, 7) is 3.25. The van der Waals surface area contributed by atoms with Gasteiger partial charge in [-0.3, -0.25) is 9.59 Å². The maximum absolute atomic E-state index is 12.6. The Morgan fingerprint density at radius 3 is 2.81 bits per heavy atom. The number of hydrogen-bond donors (Lipinski definition) is 1. The molecule has 0 spiro atoms. The molecule has 0 radical (unpaired) electrons. The highest BCUT2D eigenvalue weighted by atomic mass is 32.2. The molecule has 1 aliphatic heterocycles. The Morgan fingerprint density at radius 2 is 2.12 bits per heavy atom. The number of rotatable bonds is 8. The predicted octanol–water partition coefficient (Wildman–Crippen LogP) is 3.24. The summed E-state index contributed by atoms with van der Waals surface area (Å²) in [4.78, 5) is 26.6. The summed E-state index contributed by atoms with van der Waals surface area (Å²) >= 11 is 1.69. The SMILES string of the molecule is CCc1ccc(N2CC[C@H](C(=O)NCCSCc3ccco3)C2=O)cc1. The van der Waals surface area contributed by atoms with E-state index in [-0.39, 0.29) is 11.8 Å². The number of aryl methyl sites for hydroxylation is 1. The third-order valence-corrected chi connectivity index (χ3v) is 5.53. The third-order valence-electron chi connectivity index (χ3n) is 4.55. The molecule has 0 aliphatic carbocycles. The first kappa shape index (κ1) is 18.6. The van der Waals surface area contributed by atoms with E-state index in [4.69, 9.17) is 4.42 Å². The number of anilines is 1. The molecular formula is C20H24N2O3S. The Kier molecular flexibility index (Phi) is 6.39. The van der Waals surface area contributed by atoms with Crippen molar-refractivity contribution in [3.63, 3.8) is 0 Å². The first-order valence-electron chi connectivity index (χ1n) is 8.97. The zero-order valence-corrected chi connectivity index (χ0v) is 15.8. The van der Waals surface area contributed by atoms with Crippen molar-refractivity contribution in [1.82, 2.24) is 5.32 Å². The molecule has 2 heterocycles. The molecule has 1 aromatic heterocycles. The predicted molar refractivity (Wildman–Crippen MR) is 104 cm³/mol. The quantitative estimate of drug-likeness (QED) is 0.571. The van der Waals surface area contributed by atoms with Gasteiger partial charge < -0.3 is 14.6 Å². The van der Waals surface area contributed by atoms with Crippen LogP contribution in [-0.2, 0) is 21.8 Å². The molecule has 1 N–H and O–H groups in total. The second-order valence-electron chi connectivity index (χ2n) is 6.27. The molecule has 6 heteroatoms. The molecule has 1 fully saturated rings. The Balaban J connectivity index is 1.44. The van der Waals surface area contributed by atoms with E-state index in [9.17, 15) is 9.59 Å². The Bertz CT molecular complexity index is 728. The number of furan rings is 1. The topological polar surface area (TPSA) is 62.6 Å². The standard InChI is InChI=1S/C20H24N2O3S/c1-2-15-5-7-16(8-6-15)22-11-9-18(20(22)24)19(23)21-10-13-26-14-17-4-3-12-25-17/h3-8,12,18H,2,9-11,13-14H2,1H3,(H,21,23)/t18-/m1/s1. The summed E-state index contributed by atoms with van der Waals surface area (Å²) < 4.78 is 5.27. The normalized spacial score (nSPS) is 16.9. The van der Waals surface area contributed by atoms with Gasteiger partial charge in [-0.05, 0) is 42.7 Å². The van der Waals surface area contributed by atoms with E-state index in [1.54, 1.807) is 22.9 Å². The minimum absolute atomic E-state index is 0.102. The minimum atomic E-state index is -0.573. The van der Waals surface area contributed by atoms with Gasteiger partial charge in [-0.25, -0.2) is 0 Å². The minimum Gasteiger partial charge on any atom is -0.468 e. The average molecular weight is 372 g/mol. The fourth-order valence-electron chi connectivity index (χ4n) is 3.03. The molecular weight excluding hydrogens is 348 g/mol. The molecule has 26 heavy (non-hydrogen) atoms. The molecule has 0 bridgehead atoms. The van der Waals surface area contributed by atoms with E-state index >= 15 is 0 Å². The van der Waals surface area contributed by atoms with Crippen molar-refractivity contribution in [2.24, 2.45) is 5.92 Å². The summed E-state index contributed by atoms with van der Waals surface area (Å²) in [5.41, 5.74) is 2.11. The smallest absolute Gasteiger partial charge is 0.239 e. The number of amides is 2. The maximum Gasteiger partial charge on any atom is 0.239 e. The van der Waals surface area contributed by atoms with Gasteiger partial charge in [-0.1, -0.05) is 19.1 Å². The first-order chi connectivity index (χ1) is 12.7. The monoisotopic (exact) mass is 372 g/mol. The fraction of sp³-hybridized carbons (Fsp3) is 0.400. The zero-order valence-electron chi connectivity index (χ0n) is 14.9. The van der Waals surface area contributed by atoms with E-state index in [2.05, 4.69) is 12.2 Å². The van der Waals surface area contributed by atoms with E-state index in [1.165, 1.54) is 5.56 Å². The summed E-state index contributed by atoms with van der Waals surface area (Å²) in [7, 11) is 0. The number of nitrogens with zero attached hydrogens (tertiary/aromatic N) is 1. The Labute approximate surface area is 158 Å². The van der Waals surface area contributed by atoms with E-state index in [1.807, 2.05) is 36.4 Å². The van der Waals surface area contributed by atoms with Crippen molar-refractivity contribution >= 4 is 29.3 Å². The molecule has 3 rings (SSSR count). The van der Waals surface area contributed by atoms with Crippen LogP contribution in [0.15, 0.2) is 47.1 Å². The van der Waals surface area contributed by atoms with E-state index in [0.29, 0.717) is 19.5 Å². The van der Waals surface area contributed by atoms with Crippen molar-refractivity contribution < 1.29 is 14.0 Å². The second kappa shape index (κ2) is 8.94. The van der Waals surface area contributed by atoms with Crippen molar-refractivity contribution in [2.75, 3.05) is 23.7 Å². The zero-order chi connectivity index (χ0) is 18.4. The number of nitrogens with one attached hydrogen (secondary N) is 1. The Hall–Kier alpha value is -2.21. The summed E-state index contributed by atoms with van der Waals surface area (Å²) in [6.07, 6.45) is 3.20. The lowest BCUT2D eigenvalue weighted by Crippen LogP contribution is -2.37. The van der Waals surface area contributed by atoms with Gasteiger partial charge >= 0.3 is 0 Å². The van der Waals surface area contributed by atoms with E-state index in [0.717, 1.165) is 29.4 Å². The van der Waals surface area contributed by atoms with Gasteiger partial charge in [0.15, 0.2) is 0 Å². The van der Waals surface area contributed by atoms with Crippen LogP contribution in [0.3, 0.4) is 0 Å². The molecule has 0 unspecified atom stereocenters. The van der Waals surface area contributed by atoms with Crippen LogP contribution in [0, 0.1) is 5.92 Å². The van der Waals surface area contributed by atoms with Gasteiger partial charge in [0.1, 0.15) is 11.7 Å². The molecule has 2 amide bonds. The molecule has 1 aliphatic rings. The molecule has 1 atom stereocenters. The summed E-state index contributed by atoms with van der Waals surface area (Å²) in [5.74, 6) is 1.66. The first-order valence-corrected chi connectivity index (χ1v) is 10.1. The van der Waals surface area contributed by atoms with E-state index < -0.39 is 5.92 Å². The van der Waals surface area contributed by atoms with Crippen LogP contribution in [0.5, 0.6) is 0 Å². The van der Waals surface area contributed by atoms with Gasteiger partial charge in [-0.15, -0.1) is 0 Å². The van der Waals surface area contributed by atoms with Crippen LogP contribution in [0.25, 0.3) is 0 Å². The van der Waals surface area contributed by atoms with Gasteiger partial charge in [0.05, 0.1) is 12.0 Å². The summed E-state index contributed by atoms with van der Waals surface area (Å²) in [6, 6.07) is 11.8. The van der Waals surface area contributed by atoms with Crippen molar-refractivity contribution in [2.45, 2.75) is 25.5 Å². The number of carbonyl (C=O) groups is 2. The third kappa shape index (κ3) is 4.49. The fourth-order valence-corrected chi connectivity index (χ4v) is 3.78. The lowest BCUT2D eigenvalue weighted by molar-refractivity contribution is -0.132. The molecule has 2 aromatic rings. The van der Waals surface area contributed by atoms with Crippen molar-refractivity contribution in [3.05, 3.63) is 54.0 Å². The van der Waals surface area contributed by atoms with Gasteiger partial charge in [0.2, 0.25) is 11.8 Å². The van der Waals surface area contributed by atoms with Crippen molar-refractivity contribution in [1.29, 1.82) is 0 Å². The molecule has 0 saturated carbocycles. The number of benzene rings is 1. The maximum atomic E-state index is 12.6.